The third-order valence-corrected chi connectivity index (χ3v) is 4.30. The van der Waals surface area contributed by atoms with Crippen LogP contribution in [0.1, 0.15) is 15.9 Å². The van der Waals surface area contributed by atoms with Gasteiger partial charge in [0.2, 0.25) is 0 Å². The SMILES string of the molecule is CN(Cc1ccc(O)cc1)C(=O)c1cc(Br)ccc1I. The summed E-state index contributed by atoms with van der Waals surface area (Å²) in [5, 5.41) is 9.26. The van der Waals surface area contributed by atoms with Crippen LogP contribution in [0, 0.1) is 3.57 Å². The number of hydrogen-bond donors (Lipinski definition) is 1. The summed E-state index contributed by atoms with van der Waals surface area (Å²) in [7, 11) is 1.77. The Bertz CT molecular complexity index is 628. The van der Waals surface area contributed by atoms with Gasteiger partial charge in [-0.3, -0.25) is 4.79 Å². The maximum absolute atomic E-state index is 12.4. The fourth-order valence-electron chi connectivity index (χ4n) is 1.81. The second-order valence-electron chi connectivity index (χ2n) is 4.45. The first-order valence-corrected chi connectivity index (χ1v) is 7.83. The van der Waals surface area contributed by atoms with E-state index in [2.05, 4.69) is 38.5 Å². The molecule has 20 heavy (non-hydrogen) atoms. The van der Waals surface area contributed by atoms with E-state index in [4.69, 9.17) is 0 Å². The summed E-state index contributed by atoms with van der Waals surface area (Å²) in [6, 6.07) is 12.5. The Morgan fingerprint density at radius 3 is 2.55 bits per heavy atom. The van der Waals surface area contributed by atoms with Crippen molar-refractivity contribution in [3.8, 4) is 5.75 Å². The fraction of sp³-hybridized carbons (Fsp3) is 0.133. The molecule has 2 aromatic rings. The summed E-state index contributed by atoms with van der Waals surface area (Å²) in [6.07, 6.45) is 0. The molecule has 0 saturated heterocycles. The molecule has 2 rings (SSSR count). The number of benzene rings is 2. The number of carbonyl (C=O) groups is 1. The lowest BCUT2D eigenvalue weighted by Gasteiger charge is -2.18. The zero-order valence-electron chi connectivity index (χ0n) is 10.8. The number of phenolic OH excluding ortho intramolecular Hbond substituents is 1. The van der Waals surface area contributed by atoms with Gasteiger partial charge in [0.05, 0.1) is 5.56 Å². The smallest absolute Gasteiger partial charge is 0.255 e. The molecule has 5 heteroatoms. The summed E-state index contributed by atoms with van der Waals surface area (Å²) in [6.45, 7) is 0.502. The minimum absolute atomic E-state index is 0.0243. The average Bonchev–Trinajstić information content (AvgIpc) is 2.43. The van der Waals surface area contributed by atoms with Crippen LogP contribution in [0.5, 0.6) is 5.75 Å². The quantitative estimate of drug-likeness (QED) is 0.724. The normalized spacial score (nSPS) is 10.3. The first kappa shape index (κ1) is 15.3. The molecule has 0 fully saturated rings. The average molecular weight is 446 g/mol. The van der Waals surface area contributed by atoms with Crippen LogP contribution in [0.3, 0.4) is 0 Å². The highest BCUT2D eigenvalue weighted by Gasteiger charge is 2.15. The number of rotatable bonds is 3. The van der Waals surface area contributed by atoms with Crippen LogP contribution >= 0.6 is 38.5 Å². The molecule has 0 aliphatic carbocycles. The van der Waals surface area contributed by atoms with Crippen molar-refractivity contribution in [2.24, 2.45) is 0 Å². The Morgan fingerprint density at radius 1 is 1.25 bits per heavy atom. The molecule has 0 unspecified atom stereocenters. The fourth-order valence-corrected chi connectivity index (χ4v) is 2.74. The minimum atomic E-state index is -0.0243. The predicted molar refractivity (Wildman–Crippen MR) is 90.8 cm³/mol. The van der Waals surface area contributed by atoms with Gasteiger partial charge in [0.1, 0.15) is 5.75 Å². The zero-order valence-corrected chi connectivity index (χ0v) is 14.6. The van der Waals surface area contributed by atoms with E-state index in [1.165, 1.54) is 0 Å². The molecular weight excluding hydrogens is 433 g/mol. The predicted octanol–water partition coefficient (Wildman–Crippen LogP) is 4.03. The number of carbonyl (C=O) groups excluding carboxylic acids is 1. The molecule has 0 bridgehead atoms. The van der Waals surface area contributed by atoms with Gasteiger partial charge in [-0.05, 0) is 58.5 Å². The van der Waals surface area contributed by atoms with Crippen LogP contribution < -0.4 is 0 Å². The Labute approximate surface area is 139 Å². The maximum Gasteiger partial charge on any atom is 0.255 e. The van der Waals surface area contributed by atoms with Crippen molar-refractivity contribution in [2.45, 2.75) is 6.54 Å². The van der Waals surface area contributed by atoms with E-state index >= 15 is 0 Å². The lowest BCUT2D eigenvalue weighted by Crippen LogP contribution is -2.26. The molecule has 3 nitrogen and oxygen atoms in total. The summed E-state index contributed by atoms with van der Waals surface area (Å²) in [4.78, 5) is 14.1. The van der Waals surface area contributed by atoms with Gasteiger partial charge >= 0.3 is 0 Å². The molecule has 0 saturated carbocycles. The molecule has 0 heterocycles. The summed E-state index contributed by atoms with van der Waals surface area (Å²) in [5.74, 6) is 0.202. The molecule has 0 aromatic heterocycles. The Balaban J connectivity index is 2.16. The Kier molecular flexibility index (Phi) is 5.04. The molecule has 2 aromatic carbocycles. The standard InChI is InChI=1S/C15H13BrINO2/c1-18(9-10-2-5-12(19)6-3-10)15(20)13-8-11(16)4-7-14(13)17/h2-8,19H,9H2,1H3. The van der Waals surface area contributed by atoms with E-state index in [-0.39, 0.29) is 11.7 Å². The summed E-state index contributed by atoms with van der Waals surface area (Å²) < 4.78 is 1.81. The molecule has 0 spiro atoms. The summed E-state index contributed by atoms with van der Waals surface area (Å²) >= 11 is 5.55. The van der Waals surface area contributed by atoms with Crippen LogP contribution in [0.15, 0.2) is 46.9 Å². The van der Waals surface area contributed by atoms with Gasteiger partial charge in [0.25, 0.3) is 5.91 Å². The van der Waals surface area contributed by atoms with E-state index in [1.54, 1.807) is 24.1 Å². The van der Waals surface area contributed by atoms with Crippen LogP contribution in [0.2, 0.25) is 0 Å². The topological polar surface area (TPSA) is 40.5 Å². The Hall–Kier alpha value is -1.08. The van der Waals surface area contributed by atoms with Gasteiger partial charge in [-0.15, -0.1) is 0 Å². The largest absolute Gasteiger partial charge is 0.508 e. The van der Waals surface area contributed by atoms with Crippen LogP contribution in [0.25, 0.3) is 0 Å². The lowest BCUT2D eigenvalue weighted by atomic mass is 10.1. The van der Waals surface area contributed by atoms with Gasteiger partial charge in [-0.25, -0.2) is 0 Å². The van der Waals surface area contributed by atoms with E-state index in [0.29, 0.717) is 12.1 Å². The molecule has 1 amide bonds. The second kappa shape index (κ2) is 6.58. The third kappa shape index (κ3) is 3.73. The highest BCUT2D eigenvalue weighted by molar-refractivity contribution is 14.1. The monoisotopic (exact) mass is 445 g/mol. The molecular formula is C15H13BrINO2. The van der Waals surface area contributed by atoms with Gasteiger partial charge in [0, 0.05) is 21.6 Å². The number of aromatic hydroxyl groups is 1. The third-order valence-electron chi connectivity index (χ3n) is 2.86. The maximum atomic E-state index is 12.4. The molecule has 104 valence electrons. The Morgan fingerprint density at radius 2 is 1.90 bits per heavy atom. The zero-order chi connectivity index (χ0) is 14.7. The van der Waals surface area contributed by atoms with Gasteiger partial charge in [-0.1, -0.05) is 28.1 Å². The number of nitrogens with zero attached hydrogens (tertiary/aromatic N) is 1. The number of phenols is 1. The van der Waals surface area contributed by atoms with Crippen molar-refractivity contribution in [3.05, 3.63) is 61.6 Å². The second-order valence-corrected chi connectivity index (χ2v) is 6.53. The highest BCUT2D eigenvalue weighted by atomic mass is 127. The molecule has 0 aliphatic rings. The van der Waals surface area contributed by atoms with Gasteiger partial charge in [0.15, 0.2) is 0 Å². The van der Waals surface area contributed by atoms with Gasteiger partial charge in [-0.2, -0.15) is 0 Å². The van der Waals surface area contributed by atoms with Crippen molar-refractivity contribution in [1.82, 2.24) is 4.90 Å². The highest BCUT2D eigenvalue weighted by Crippen LogP contribution is 2.20. The van der Waals surface area contributed by atoms with Crippen molar-refractivity contribution >= 4 is 44.4 Å². The van der Waals surface area contributed by atoms with Crippen molar-refractivity contribution in [1.29, 1.82) is 0 Å². The molecule has 1 N–H and O–H groups in total. The molecule has 0 aliphatic heterocycles. The van der Waals surface area contributed by atoms with Crippen molar-refractivity contribution < 1.29 is 9.90 Å². The van der Waals surface area contributed by atoms with E-state index in [9.17, 15) is 9.90 Å². The minimum Gasteiger partial charge on any atom is -0.508 e. The summed E-state index contributed by atoms with van der Waals surface area (Å²) in [5.41, 5.74) is 1.66. The lowest BCUT2D eigenvalue weighted by molar-refractivity contribution is 0.0784. The number of halogens is 2. The number of hydrogen-bond acceptors (Lipinski definition) is 2. The van der Waals surface area contributed by atoms with Crippen LogP contribution in [-0.4, -0.2) is 23.0 Å². The van der Waals surface area contributed by atoms with E-state index in [1.807, 2.05) is 30.3 Å². The number of amides is 1. The molecule has 0 radical (unpaired) electrons. The van der Waals surface area contributed by atoms with E-state index in [0.717, 1.165) is 13.6 Å². The van der Waals surface area contributed by atoms with Crippen LogP contribution in [0.4, 0.5) is 0 Å². The first-order valence-electron chi connectivity index (χ1n) is 5.96. The van der Waals surface area contributed by atoms with Crippen molar-refractivity contribution in [2.75, 3.05) is 7.05 Å². The molecule has 0 atom stereocenters. The van der Waals surface area contributed by atoms with Crippen LogP contribution in [-0.2, 0) is 6.54 Å². The van der Waals surface area contributed by atoms with Crippen molar-refractivity contribution in [3.63, 3.8) is 0 Å². The first-order chi connectivity index (χ1) is 9.47. The van der Waals surface area contributed by atoms with E-state index < -0.39 is 0 Å². The van der Waals surface area contributed by atoms with Gasteiger partial charge < -0.3 is 10.0 Å².